The van der Waals surface area contributed by atoms with Gasteiger partial charge in [0.05, 0.1) is 32.0 Å². The molecule has 2 heterocycles. The number of hydrogen-bond acceptors (Lipinski definition) is 6. The molecule has 0 aliphatic carbocycles. The summed E-state index contributed by atoms with van der Waals surface area (Å²) in [6.07, 6.45) is 0. The van der Waals surface area contributed by atoms with Gasteiger partial charge in [-0.15, -0.1) is 11.3 Å². The Kier molecular flexibility index (Phi) is 7.50. The molecule has 1 fully saturated rings. The van der Waals surface area contributed by atoms with Crippen molar-refractivity contribution in [3.8, 4) is 5.75 Å². The van der Waals surface area contributed by atoms with Crippen LogP contribution in [0.1, 0.15) is 42.6 Å². The predicted octanol–water partition coefficient (Wildman–Crippen LogP) is 3.62. The van der Waals surface area contributed by atoms with E-state index >= 15 is 0 Å². The fourth-order valence-electron chi connectivity index (χ4n) is 3.38. The van der Waals surface area contributed by atoms with Gasteiger partial charge in [0.15, 0.2) is 6.61 Å². The van der Waals surface area contributed by atoms with Gasteiger partial charge in [0, 0.05) is 25.5 Å². The van der Waals surface area contributed by atoms with Crippen LogP contribution in [-0.4, -0.2) is 60.6 Å². The standard InChI is InChI=1S/C23H33N3O3S/c1-17-6-7-20(19(12-17)23(2,3)4)29-15-22(27)25(5)13-18-16-30-21(24-18)14-26-8-10-28-11-9-26/h6-7,12,16H,8-11,13-15H2,1-5H3. The molecule has 1 aromatic heterocycles. The van der Waals surface area contributed by atoms with Gasteiger partial charge in [-0.05, 0) is 24.0 Å². The Hall–Kier alpha value is -1.96. The average Bonchev–Trinajstić information content (AvgIpc) is 3.13. The lowest BCUT2D eigenvalue weighted by atomic mass is 9.85. The van der Waals surface area contributed by atoms with Crippen molar-refractivity contribution in [2.24, 2.45) is 0 Å². The second kappa shape index (κ2) is 9.90. The molecule has 1 aliphatic rings. The number of thiazole rings is 1. The van der Waals surface area contributed by atoms with E-state index in [-0.39, 0.29) is 17.9 Å². The van der Waals surface area contributed by atoms with Crippen LogP contribution in [0.15, 0.2) is 23.6 Å². The topological polar surface area (TPSA) is 54.9 Å². The first-order valence-electron chi connectivity index (χ1n) is 10.4. The fraction of sp³-hybridized carbons (Fsp3) is 0.565. The number of rotatable bonds is 7. The van der Waals surface area contributed by atoms with Crippen LogP contribution >= 0.6 is 11.3 Å². The number of aromatic nitrogens is 1. The predicted molar refractivity (Wildman–Crippen MR) is 120 cm³/mol. The van der Waals surface area contributed by atoms with Gasteiger partial charge in [0.25, 0.3) is 5.91 Å². The molecule has 0 unspecified atom stereocenters. The van der Waals surface area contributed by atoms with Crippen LogP contribution in [0.3, 0.4) is 0 Å². The maximum absolute atomic E-state index is 12.6. The molecule has 0 radical (unpaired) electrons. The summed E-state index contributed by atoms with van der Waals surface area (Å²) in [6, 6.07) is 6.11. The molecule has 0 atom stereocenters. The molecule has 0 bridgehead atoms. The molecule has 0 spiro atoms. The van der Waals surface area contributed by atoms with Crippen molar-refractivity contribution in [1.82, 2.24) is 14.8 Å². The summed E-state index contributed by atoms with van der Waals surface area (Å²) in [4.78, 5) is 21.4. The summed E-state index contributed by atoms with van der Waals surface area (Å²) in [5.41, 5.74) is 3.18. The number of morpholine rings is 1. The Bertz CT molecular complexity index is 854. The molecule has 2 aromatic rings. The van der Waals surface area contributed by atoms with Gasteiger partial charge >= 0.3 is 0 Å². The molecule has 1 amide bonds. The van der Waals surface area contributed by atoms with Gasteiger partial charge in [-0.2, -0.15) is 0 Å². The number of likely N-dealkylation sites (N-methyl/N-ethyl adjacent to an activating group) is 1. The zero-order valence-electron chi connectivity index (χ0n) is 18.7. The summed E-state index contributed by atoms with van der Waals surface area (Å²) in [6.45, 7) is 13.3. The zero-order valence-corrected chi connectivity index (χ0v) is 19.6. The molecule has 164 valence electrons. The minimum Gasteiger partial charge on any atom is -0.483 e. The lowest BCUT2D eigenvalue weighted by Gasteiger charge is -2.25. The molecule has 7 heteroatoms. The molecule has 0 N–H and O–H groups in total. The summed E-state index contributed by atoms with van der Waals surface area (Å²) < 4.78 is 11.3. The molecule has 1 saturated heterocycles. The number of nitrogens with zero attached hydrogens (tertiary/aromatic N) is 3. The van der Waals surface area contributed by atoms with E-state index in [0.29, 0.717) is 6.54 Å². The Morgan fingerprint density at radius 1 is 1.30 bits per heavy atom. The summed E-state index contributed by atoms with van der Waals surface area (Å²) in [7, 11) is 1.80. The van der Waals surface area contributed by atoms with Gasteiger partial charge < -0.3 is 14.4 Å². The Balaban J connectivity index is 1.53. The number of ether oxygens (including phenoxy) is 2. The van der Waals surface area contributed by atoms with Crippen LogP contribution in [0.2, 0.25) is 0 Å². The van der Waals surface area contributed by atoms with Gasteiger partial charge in [-0.3, -0.25) is 9.69 Å². The van der Waals surface area contributed by atoms with E-state index in [4.69, 9.17) is 14.5 Å². The minimum absolute atomic E-state index is 0.0212. The molecular weight excluding hydrogens is 398 g/mol. The summed E-state index contributed by atoms with van der Waals surface area (Å²) in [5.74, 6) is 0.717. The lowest BCUT2D eigenvalue weighted by Crippen LogP contribution is -2.35. The highest BCUT2D eigenvalue weighted by Gasteiger charge is 2.21. The number of carbonyl (C=O) groups excluding carboxylic acids is 1. The smallest absolute Gasteiger partial charge is 0.260 e. The number of amides is 1. The molecule has 1 aromatic carbocycles. The van der Waals surface area contributed by atoms with Crippen molar-refractivity contribution >= 4 is 17.2 Å². The quantitative estimate of drug-likeness (QED) is 0.670. The summed E-state index contributed by atoms with van der Waals surface area (Å²) in [5, 5.41) is 3.12. The van der Waals surface area contributed by atoms with E-state index in [1.807, 2.05) is 17.5 Å². The highest BCUT2D eigenvalue weighted by molar-refractivity contribution is 7.09. The van der Waals surface area contributed by atoms with E-state index in [0.717, 1.165) is 54.9 Å². The Morgan fingerprint density at radius 2 is 2.03 bits per heavy atom. The van der Waals surface area contributed by atoms with Crippen LogP contribution in [0.4, 0.5) is 0 Å². The molecule has 6 nitrogen and oxygen atoms in total. The first-order valence-corrected chi connectivity index (χ1v) is 11.3. The maximum Gasteiger partial charge on any atom is 0.260 e. The molecule has 3 rings (SSSR count). The largest absolute Gasteiger partial charge is 0.483 e. The van der Waals surface area contributed by atoms with E-state index in [2.05, 4.69) is 38.7 Å². The molecule has 30 heavy (non-hydrogen) atoms. The summed E-state index contributed by atoms with van der Waals surface area (Å²) >= 11 is 1.65. The van der Waals surface area contributed by atoms with Crippen LogP contribution in [0.5, 0.6) is 5.75 Å². The molecular formula is C23H33N3O3S. The third-order valence-corrected chi connectivity index (χ3v) is 6.06. The van der Waals surface area contributed by atoms with Crippen LogP contribution in [0, 0.1) is 6.92 Å². The van der Waals surface area contributed by atoms with Crippen LogP contribution in [0.25, 0.3) is 0 Å². The second-order valence-electron chi connectivity index (χ2n) is 8.91. The fourth-order valence-corrected chi connectivity index (χ4v) is 4.21. The van der Waals surface area contributed by atoms with Gasteiger partial charge in [0.1, 0.15) is 10.8 Å². The van der Waals surface area contributed by atoms with E-state index in [1.54, 1.807) is 23.3 Å². The van der Waals surface area contributed by atoms with Crippen LogP contribution < -0.4 is 4.74 Å². The molecule has 1 aliphatic heterocycles. The van der Waals surface area contributed by atoms with Crippen molar-refractivity contribution < 1.29 is 14.3 Å². The van der Waals surface area contributed by atoms with Gasteiger partial charge in [-0.1, -0.05) is 38.5 Å². The van der Waals surface area contributed by atoms with E-state index in [1.165, 1.54) is 5.56 Å². The second-order valence-corrected chi connectivity index (χ2v) is 9.85. The third-order valence-electron chi connectivity index (χ3n) is 5.18. The van der Waals surface area contributed by atoms with Crippen molar-refractivity contribution in [2.45, 2.75) is 46.2 Å². The molecule has 0 saturated carbocycles. The van der Waals surface area contributed by atoms with Crippen LogP contribution in [-0.2, 0) is 28.0 Å². The monoisotopic (exact) mass is 431 g/mol. The first kappa shape index (κ1) is 22.7. The van der Waals surface area contributed by atoms with Gasteiger partial charge in [-0.25, -0.2) is 4.98 Å². The normalized spacial score (nSPS) is 15.2. The van der Waals surface area contributed by atoms with Crippen molar-refractivity contribution in [3.63, 3.8) is 0 Å². The minimum atomic E-state index is -0.0573. The maximum atomic E-state index is 12.6. The highest BCUT2D eigenvalue weighted by Crippen LogP contribution is 2.32. The zero-order chi connectivity index (χ0) is 21.7. The van der Waals surface area contributed by atoms with E-state index < -0.39 is 0 Å². The van der Waals surface area contributed by atoms with E-state index in [9.17, 15) is 4.79 Å². The first-order chi connectivity index (χ1) is 14.2. The number of carbonyl (C=O) groups is 1. The average molecular weight is 432 g/mol. The Morgan fingerprint density at radius 3 is 2.73 bits per heavy atom. The van der Waals surface area contributed by atoms with Crippen molar-refractivity contribution in [2.75, 3.05) is 40.0 Å². The lowest BCUT2D eigenvalue weighted by molar-refractivity contribution is -0.132. The number of aryl methyl sites for hydroxylation is 1. The highest BCUT2D eigenvalue weighted by atomic mass is 32.1. The van der Waals surface area contributed by atoms with Gasteiger partial charge in [0.2, 0.25) is 0 Å². The number of hydrogen-bond donors (Lipinski definition) is 0. The SMILES string of the molecule is Cc1ccc(OCC(=O)N(C)Cc2csc(CN3CCOCC3)n2)c(C(C)(C)C)c1. The number of benzene rings is 1. The Labute approximate surface area is 183 Å². The van der Waals surface area contributed by atoms with Crippen molar-refractivity contribution in [3.05, 3.63) is 45.4 Å². The van der Waals surface area contributed by atoms with Crippen molar-refractivity contribution in [1.29, 1.82) is 0 Å². The third kappa shape index (κ3) is 6.27.